The van der Waals surface area contributed by atoms with Crippen molar-refractivity contribution in [2.75, 3.05) is 32.1 Å². The maximum absolute atomic E-state index is 12.3. The van der Waals surface area contributed by atoms with Gasteiger partial charge in [0.15, 0.2) is 0 Å². The molecule has 0 fully saturated rings. The second kappa shape index (κ2) is 7.77. The molecule has 18 heavy (non-hydrogen) atoms. The molecule has 100 valence electrons. The second-order valence-corrected chi connectivity index (χ2v) is 5.14. The third kappa shape index (κ3) is 4.26. The summed E-state index contributed by atoms with van der Waals surface area (Å²) in [5.74, 6) is 0.00580. The van der Waals surface area contributed by atoms with E-state index in [0.717, 1.165) is 10.9 Å². The molecule has 0 aliphatic heterocycles. The van der Waals surface area contributed by atoms with Crippen molar-refractivity contribution in [3.8, 4) is 0 Å². The van der Waals surface area contributed by atoms with Crippen molar-refractivity contribution in [1.29, 1.82) is 0 Å². The average Bonchev–Trinajstić information content (AvgIpc) is 2.37. The summed E-state index contributed by atoms with van der Waals surface area (Å²) in [4.78, 5) is 14.1. The fourth-order valence-electron chi connectivity index (χ4n) is 1.58. The third-order valence-electron chi connectivity index (χ3n) is 2.61. The third-order valence-corrected chi connectivity index (χ3v) is 3.39. The highest BCUT2D eigenvalue weighted by atomic mass is 79.9. The molecule has 0 atom stereocenters. The Morgan fingerprint density at radius 2 is 2.17 bits per heavy atom. The summed E-state index contributed by atoms with van der Waals surface area (Å²) in [6, 6.07) is 5.33. The standard InChI is InChI=1S/C13H17BrClNO2/c1-10-9-11(3-4-12(10)15)13(17)16(6-5-14)7-8-18-2/h3-4,9H,5-8H2,1-2H3. The molecule has 0 aromatic heterocycles. The van der Waals surface area contributed by atoms with Gasteiger partial charge in [0.25, 0.3) is 5.91 Å². The lowest BCUT2D eigenvalue weighted by Crippen LogP contribution is -2.35. The minimum atomic E-state index is 0.00580. The molecule has 0 radical (unpaired) electrons. The molecule has 0 saturated heterocycles. The van der Waals surface area contributed by atoms with Crippen LogP contribution in [0.15, 0.2) is 18.2 Å². The number of carbonyl (C=O) groups is 1. The molecule has 0 bridgehead atoms. The SMILES string of the molecule is COCCN(CCBr)C(=O)c1ccc(Cl)c(C)c1. The smallest absolute Gasteiger partial charge is 0.253 e. The van der Waals surface area contributed by atoms with Crippen molar-refractivity contribution in [2.45, 2.75) is 6.92 Å². The van der Waals surface area contributed by atoms with Crippen LogP contribution in [0.4, 0.5) is 0 Å². The highest BCUT2D eigenvalue weighted by Gasteiger charge is 2.15. The molecular weight excluding hydrogens is 318 g/mol. The minimum Gasteiger partial charge on any atom is -0.383 e. The largest absolute Gasteiger partial charge is 0.383 e. The molecule has 0 aliphatic rings. The van der Waals surface area contributed by atoms with Gasteiger partial charge in [-0.3, -0.25) is 4.79 Å². The van der Waals surface area contributed by atoms with Crippen LogP contribution in [-0.2, 0) is 4.74 Å². The fraction of sp³-hybridized carbons (Fsp3) is 0.462. The van der Waals surface area contributed by atoms with Crippen molar-refractivity contribution >= 4 is 33.4 Å². The van der Waals surface area contributed by atoms with E-state index in [1.165, 1.54) is 0 Å². The maximum Gasteiger partial charge on any atom is 0.253 e. The highest BCUT2D eigenvalue weighted by Crippen LogP contribution is 2.17. The van der Waals surface area contributed by atoms with Crippen molar-refractivity contribution < 1.29 is 9.53 Å². The number of rotatable bonds is 6. The van der Waals surface area contributed by atoms with E-state index in [0.29, 0.717) is 30.3 Å². The van der Waals surface area contributed by atoms with Gasteiger partial charge in [0.2, 0.25) is 0 Å². The Hall–Kier alpha value is -0.580. The van der Waals surface area contributed by atoms with Crippen LogP contribution in [0, 0.1) is 6.92 Å². The first-order chi connectivity index (χ1) is 8.60. The Kier molecular flexibility index (Phi) is 6.68. The number of carbonyl (C=O) groups excluding carboxylic acids is 1. The Labute approximate surface area is 121 Å². The molecule has 5 heteroatoms. The van der Waals surface area contributed by atoms with Crippen molar-refractivity contribution in [2.24, 2.45) is 0 Å². The number of hydrogen-bond acceptors (Lipinski definition) is 2. The summed E-state index contributed by atoms with van der Waals surface area (Å²) >= 11 is 9.31. The zero-order valence-corrected chi connectivity index (χ0v) is 12.9. The van der Waals surface area contributed by atoms with E-state index in [1.54, 1.807) is 24.1 Å². The predicted octanol–water partition coefficient (Wildman–Crippen LogP) is 3.13. The Balaban J connectivity index is 2.83. The summed E-state index contributed by atoms with van der Waals surface area (Å²) in [5, 5.41) is 1.42. The van der Waals surface area contributed by atoms with Gasteiger partial charge < -0.3 is 9.64 Å². The first kappa shape index (κ1) is 15.5. The fourth-order valence-corrected chi connectivity index (χ4v) is 2.12. The molecule has 0 aliphatic carbocycles. The van der Waals surface area contributed by atoms with Gasteiger partial charge in [0, 0.05) is 36.1 Å². The summed E-state index contributed by atoms with van der Waals surface area (Å²) in [7, 11) is 1.63. The Morgan fingerprint density at radius 1 is 1.44 bits per heavy atom. The quantitative estimate of drug-likeness (QED) is 0.748. The molecule has 1 aromatic carbocycles. The van der Waals surface area contributed by atoms with E-state index >= 15 is 0 Å². The lowest BCUT2D eigenvalue weighted by Gasteiger charge is -2.21. The predicted molar refractivity (Wildman–Crippen MR) is 77.8 cm³/mol. The summed E-state index contributed by atoms with van der Waals surface area (Å²) in [6.45, 7) is 3.67. The Bertz CT molecular complexity index is 412. The van der Waals surface area contributed by atoms with Crippen LogP contribution in [0.3, 0.4) is 0 Å². The topological polar surface area (TPSA) is 29.5 Å². The molecule has 0 N–H and O–H groups in total. The molecule has 1 aromatic rings. The van der Waals surface area contributed by atoms with Crippen molar-refractivity contribution in [3.63, 3.8) is 0 Å². The molecular formula is C13H17BrClNO2. The van der Waals surface area contributed by atoms with Gasteiger partial charge in [-0.05, 0) is 30.7 Å². The summed E-state index contributed by atoms with van der Waals surface area (Å²) in [5.41, 5.74) is 1.57. The van der Waals surface area contributed by atoms with Gasteiger partial charge in [-0.1, -0.05) is 27.5 Å². The van der Waals surface area contributed by atoms with E-state index in [2.05, 4.69) is 15.9 Å². The van der Waals surface area contributed by atoms with Gasteiger partial charge in [0.05, 0.1) is 6.61 Å². The zero-order valence-electron chi connectivity index (χ0n) is 10.6. The van der Waals surface area contributed by atoms with Gasteiger partial charge >= 0.3 is 0 Å². The van der Waals surface area contributed by atoms with E-state index in [-0.39, 0.29) is 5.91 Å². The number of aryl methyl sites for hydroxylation is 1. The molecule has 1 amide bonds. The van der Waals surface area contributed by atoms with Gasteiger partial charge in [0.1, 0.15) is 0 Å². The first-order valence-corrected chi connectivity index (χ1v) is 7.20. The molecule has 1 rings (SSSR count). The van der Waals surface area contributed by atoms with E-state index in [4.69, 9.17) is 16.3 Å². The number of halogens is 2. The molecule has 0 spiro atoms. The Morgan fingerprint density at radius 3 is 2.72 bits per heavy atom. The molecule has 0 saturated carbocycles. The van der Waals surface area contributed by atoms with E-state index < -0.39 is 0 Å². The normalized spacial score (nSPS) is 10.4. The first-order valence-electron chi connectivity index (χ1n) is 5.70. The number of amides is 1. The van der Waals surface area contributed by atoms with Crippen LogP contribution in [0.5, 0.6) is 0 Å². The van der Waals surface area contributed by atoms with E-state index in [9.17, 15) is 4.79 Å². The second-order valence-electron chi connectivity index (χ2n) is 3.94. The van der Waals surface area contributed by atoms with Gasteiger partial charge in [-0.2, -0.15) is 0 Å². The van der Waals surface area contributed by atoms with Crippen molar-refractivity contribution in [1.82, 2.24) is 4.90 Å². The number of alkyl halides is 1. The van der Waals surface area contributed by atoms with Crippen LogP contribution in [0.1, 0.15) is 15.9 Å². The maximum atomic E-state index is 12.3. The highest BCUT2D eigenvalue weighted by molar-refractivity contribution is 9.09. The summed E-state index contributed by atoms with van der Waals surface area (Å²) < 4.78 is 5.02. The van der Waals surface area contributed by atoms with Crippen LogP contribution in [-0.4, -0.2) is 42.9 Å². The molecule has 0 unspecified atom stereocenters. The van der Waals surface area contributed by atoms with Crippen LogP contribution in [0.25, 0.3) is 0 Å². The number of hydrogen-bond donors (Lipinski definition) is 0. The number of ether oxygens (including phenoxy) is 1. The van der Waals surface area contributed by atoms with E-state index in [1.807, 2.05) is 13.0 Å². The summed E-state index contributed by atoms with van der Waals surface area (Å²) in [6.07, 6.45) is 0. The van der Waals surface area contributed by atoms with Crippen LogP contribution in [0.2, 0.25) is 5.02 Å². The van der Waals surface area contributed by atoms with Gasteiger partial charge in [-0.25, -0.2) is 0 Å². The van der Waals surface area contributed by atoms with Crippen molar-refractivity contribution in [3.05, 3.63) is 34.3 Å². The van der Waals surface area contributed by atoms with Crippen LogP contribution < -0.4 is 0 Å². The lowest BCUT2D eigenvalue weighted by atomic mass is 10.1. The molecule has 3 nitrogen and oxygen atoms in total. The number of benzene rings is 1. The minimum absolute atomic E-state index is 0.00580. The molecule has 0 heterocycles. The number of nitrogens with zero attached hydrogens (tertiary/aromatic N) is 1. The number of methoxy groups -OCH3 is 1. The average molecular weight is 335 g/mol. The van der Waals surface area contributed by atoms with Gasteiger partial charge in [-0.15, -0.1) is 0 Å². The van der Waals surface area contributed by atoms with Crippen LogP contribution >= 0.6 is 27.5 Å². The lowest BCUT2D eigenvalue weighted by molar-refractivity contribution is 0.0709. The zero-order chi connectivity index (χ0) is 13.5. The monoisotopic (exact) mass is 333 g/mol.